The van der Waals surface area contributed by atoms with Crippen molar-refractivity contribution in [2.75, 3.05) is 6.54 Å². The van der Waals surface area contributed by atoms with Crippen LogP contribution in [0.25, 0.3) is 16.7 Å². The molecule has 1 heterocycles. The van der Waals surface area contributed by atoms with Crippen molar-refractivity contribution in [3.05, 3.63) is 96.1 Å². The second kappa shape index (κ2) is 7.41. The van der Waals surface area contributed by atoms with Crippen LogP contribution >= 0.6 is 0 Å². The smallest absolute Gasteiger partial charge is 0.251 e. The van der Waals surface area contributed by atoms with Crippen molar-refractivity contribution in [2.24, 2.45) is 0 Å². The molecule has 0 radical (unpaired) electrons. The lowest BCUT2D eigenvalue weighted by atomic mass is 10.1. The van der Waals surface area contributed by atoms with Gasteiger partial charge in [0.05, 0.1) is 11.0 Å². The first kappa shape index (κ1) is 17.0. The van der Waals surface area contributed by atoms with Crippen LogP contribution < -0.4 is 5.32 Å². The summed E-state index contributed by atoms with van der Waals surface area (Å²) in [7, 11) is 0. The molecule has 4 nitrogen and oxygen atoms in total. The number of aromatic nitrogens is 2. The molecular weight excluding hydrogens is 341 g/mol. The number of halogens is 1. The fraction of sp³-hybridized carbons (Fsp3) is 0.0909. The van der Waals surface area contributed by atoms with Gasteiger partial charge in [-0.25, -0.2) is 9.37 Å². The van der Waals surface area contributed by atoms with E-state index in [1.54, 1.807) is 30.6 Å². The summed E-state index contributed by atoms with van der Waals surface area (Å²) in [5.41, 5.74) is 4.29. The first-order valence-electron chi connectivity index (χ1n) is 8.76. The van der Waals surface area contributed by atoms with E-state index in [4.69, 9.17) is 0 Å². The fourth-order valence-electron chi connectivity index (χ4n) is 3.02. The van der Waals surface area contributed by atoms with Gasteiger partial charge in [-0.3, -0.25) is 9.36 Å². The van der Waals surface area contributed by atoms with Gasteiger partial charge in [0.2, 0.25) is 0 Å². The number of nitrogens with zero attached hydrogens (tertiary/aromatic N) is 2. The van der Waals surface area contributed by atoms with E-state index in [-0.39, 0.29) is 11.7 Å². The van der Waals surface area contributed by atoms with Crippen molar-refractivity contribution in [3.8, 4) is 5.69 Å². The van der Waals surface area contributed by atoms with Crippen LogP contribution in [0.15, 0.2) is 79.1 Å². The molecular formula is C22H18FN3O. The first-order chi connectivity index (χ1) is 13.2. The number of fused-ring (bicyclic) bond motifs is 1. The molecule has 0 aliphatic carbocycles. The topological polar surface area (TPSA) is 46.9 Å². The van der Waals surface area contributed by atoms with E-state index >= 15 is 0 Å². The summed E-state index contributed by atoms with van der Waals surface area (Å²) in [5.74, 6) is -0.403. The Morgan fingerprint density at radius 2 is 1.78 bits per heavy atom. The second-order valence-electron chi connectivity index (χ2n) is 6.29. The third-order valence-electron chi connectivity index (χ3n) is 4.46. The normalized spacial score (nSPS) is 10.9. The average molecular weight is 359 g/mol. The van der Waals surface area contributed by atoms with Gasteiger partial charge in [0.15, 0.2) is 0 Å². The molecule has 27 heavy (non-hydrogen) atoms. The summed E-state index contributed by atoms with van der Waals surface area (Å²) in [6.07, 6.45) is 2.41. The molecule has 0 bridgehead atoms. The predicted molar refractivity (Wildman–Crippen MR) is 104 cm³/mol. The minimum Gasteiger partial charge on any atom is -0.352 e. The van der Waals surface area contributed by atoms with Gasteiger partial charge in [-0.2, -0.15) is 0 Å². The summed E-state index contributed by atoms with van der Waals surface area (Å²) >= 11 is 0. The van der Waals surface area contributed by atoms with Crippen molar-refractivity contribution in [2.45, 2.75) is 6.42 Å². The Morgan fingerprint density at radius 3 is 2.56 bits per heavy atom. The lowest BCUT2D eigenvalue weighted by Gasteiger charge is -2.07. The van der Waals surface area contributed by atoms with Crippen molar-refractivity contribution in [1.82, 2.24) is 14.9 Å². The van der Waals surface area contributed by atoms with Crippen LogP contribution in [0.5, 0.6) is 0 Å². The van der Waals surface area contributed by atoms with E-state index in [1.165, 1.54) is 12.1 Å². The number of para-hydroxylation sites is 1. The van der Waals surface area contributed by atoms with Gasteiger partial charge in [-0.1, -0.05) is 30.3 Å². The van der Waals surface area contributed by atoms with Crippen LogP contribution in [0.1, 0.15) is 15.9 Å². The number of carbonyl (C=O) groups excluding carboxylic acids is 1. The van der Waals surface area contributed by atoms with E-state index in [2.05, 4.69) is 10.3 Å². The maximum absolute atomic E-state index is 12.9. The summed E-state index contributed by atoms with van der Waals surface area (Å²) in [5, 5.41) is 2.90. The van der Waals surface area contributed by atoms with Crippen molar-refractivity contribution in [1.29, 1.82) is 0 Å². The van der Waals surface area contributed by atoms with Crippen LogP contribution in [0, 0.1) is 5.82 Å². The number of nitrogens with one attached hydrogen (secondary N) is 1. The minimum absolute atomic E-state index is 0.145. The maximum Gasteiger partial charge on any atom is 0.251 e. The number of hydrogen-bond acceptors (Lipinski definition) is 2. The Morgan fingerprint density at radius 1 is 1.00 bits per heavy atom. The Kier molecular flexibility index (Phi) is 4.66. The zero-order valence-corrected chi connectivity index (χ0v) is 14.6. The van der Waals surface area contributed by atoms with Gasteiger partial charge >= 0.3 is 0 Å². The summed E-state index contributed by atoms with van der Waals surface area (Å²) in [4.78, 5) is 16.8. The molecule has 0 aliphatic heterocycles. The molecule has 0 spiro atoms. The number of amides is 1. The quantitative estimate of drug-likeness (QED) is 0.582. The molecule has 4 rings (SSSR count). The highest BCUT2D eigenvalue weighted by Gasteiger charge is 2.10. The van der Waals surface area contributed by atoms with E-state index < -0.39 is 0 Å². The number of hydrogen-bond donors (Lipinski definition) is 1. The molecule has 1 aromatic heterocycles. The SMILES string of the molecule is O=C(NCCc1ccc(F)cc1)c1ccc2c(c1)ncn2-c1ccccc1. The average Bonchev–Trinajstić information content (AvgIpc) is 3.13. The molecule has 3 aromatic carbocycles. The fourth-order valence-corrected chi connectivity index (χ4v) is 3.02. The standard InChI is InChI=1S/C22H18FN3O/c23-18-9-6-16(7-10-18)12-13-24-22(27)17-8-11-21-20(14-17)25-15-26(21)19-4-2-1-3-5-19/h1-11,14-15H,12-13H2,(H,24,27). The zero-order valence-electron chi connectivity index (χ0n) is 14.6. The van der Waals surface area contributed by atoms with Crippen LogP contribution in [-0.2, 0) is 6.42 Å². The van der Waals surface area contributed by atoms with Crippen LogP contribution in [-0.4, -0.2) is 22.0 Å². The Bertz CT molecular complexity index is 1070. The number of rotatable bonds is 5. The minimum atomic E-state index is -0.258. The van der Waals surface area contributed by atoms with Gasteiger partial charge in [-0.15, -0.1) is 0 Å². The molecule has 0 saturated carbocycles. The maximum atomic E-state index is 12.9. The second-order valence-corrected chi connectivity index (χ2v) is 6.29. The van der Waals surface area contributed by atoms with Gasteiger partial charge in [0, 0.05) is 17.8 Å². The third kappa shape index (κ3) is 3.72. The monoisotopic (exact) mass is 359 g/mol. The highest BCUT2D eigenvalue weighted by atomic mass is 19.1. The molecule has 5 heteroatoms. The predicted octanol–water partition coefficient (Wildman–Crippen LogP) is 4.14. The van der Waals surface area contributed by atoms with Crippen molar-refractivity contribution >= 4 is 16.9 Å². The lowest BCUT2D eigenvalue weighted by Crippen LogP contribution is -2.25. The van der Waals surface area contributed by atoms with Gasteiger partial charge in [-0.05, 0) is 54.4 Å². The lowest BCUT2D eigenvalue weighted by molar-refractivity contribution is 0.0954. The van der Waals surface area contributed by atoms with Crippen LogP contribution in [0.3, 0.4) is 0 Å². The van der Waals surface area contributed by atoms with E-state index in [1.807, 2.05) is 41.0 Å². The molecule has 0 atom stereocenters. The Balaban J connectivity index is 1.45. The van der Waals surface area contributed by atoms with Gasteiger partial charge < -0.3 is 5.32 Å². The van der Waals surface area contributed by atoms with Crippen molar-refractivity contribution < 1.29 is 9.18 Å². The zero-order chi connectivity index (χ0) is 18.6. The molecule has 0 saturated heterocycles. The highest BCUT2D eigenvalue weighted by molar-refractivity contribution is 5.97. The van der Waals surface area contributed by atoms with E-state index in [0.717, 1.165) is 22.3 Å². The molecule has 134 valence electrons. The number of imidazole rings is 1. The van der Waals surface area contributed by atoms with E-state index in [0.29, 0.717) is 18.5 Å². The van der Waals surface area contributed by atoms with Gasteiger partial charge in [0.25, 0.3) is 5.91 Å². The third-order valence-corrected chi connectivity index (χ3v) is 4.46. The summed E-state index contributed by atoms with van der Waals surface area (Å²) < 4.78 is 14.9. The number of benzene rings is 3. The molecule has 0 aliphatic rings. The van der Waals surface area contributed by atoms with Crippen LogP contribution in [0.2, 0.25) is 0 Å². The van der Waals surface area contributed by atoms with Gasteiger partial charge in [0.1, 0.15) is 12.1 Å². The molecule has 4 aromatic rings. The first-order valence-corrected chi connectivity index (χ1v) is 8.76. The summed E-state index contributed by atoms with van der Waals surface area (Å²) in [6, 6.07) is 21.7. The molecule has 0 unspecified atom stereocenters. The van der Waals surface area contributed by atoms with E-state index in [9.17, 15) is 9.18 Å². The molecule has 1 N–H and O–H groups in total. The molecule has 1 amide bonds. The largest absolute Gasteiger partial charge is 0.352 e. The summed E-state index contributed by atoms with van der Waals surface area (Å²) in [6.45, 7) is 0.487. The van der Waals surface area contributed by atoms with Crippen molar-refractivity contribution in [3.63, 3.8) is 0 Å². The Labute approximate surface area is 156 Å². The van der Waals surface area contributed by atoms with Crippen LogP contribution in [0.4, 0.5) is 4.39 Å². The number of carbonyl (C=O) groups is 1. The highest BCUT2D eigenvalue weighted by Crippen LogP contribution is 2.19. The molecule has 0 fully saturated rings. The Hall–Kier alpha value is -3.47.